The van der Waals surface area contributed by atoms with Crippen LogP contribution in [0.25, 0.3) is 0 Å². The Balaban J connectivity index is 2.95. The minimum Gasteiger partial charge on any atom is -0.347 e. The summed E-state index contributed by atoms with van der Waals surface area (Å²) in [6, 6.07) is 2.95. The van der Waals surface area contributed by atoms with E-state index in [-0.39, 0.29) is 5.56 Å². The highest BCUT2D eigenvalue weighted by Crippen LogP contribution is 2.20. The molecule has 1 N–H and O–H groups in total. The van der Waals surface area contributed by atoms with Crippen molar-refractivity contribution in [1.82, 2.24) is 5.32 Å². The number of halogens is 2. The summed E-state index contributed by atoms with van der Waals surface area (Å²) in [6.45, 7) is 3.70. The summed E-state index contributed by atoms with van der Waals surface area (Å²) in [5, 5.41) is 13.2. The second-order valence-corrected chi connectivity index (χ2v) is 5.11. The molecule has 1 atom stereocenters. The van der Waals surface area contributed by atoms with E-state index in [9.17, 15) is 19.3 Å². The molecule has 0 heterocycles. The minimum atomic E-state index is -0.916. The van der Waals surface area contributed by atoms with Crippen molar-refractivity contribution in [2.45, 2.75) is 32.2 Å². The van der Waals surface area contributed by atoms with Crippen molar-refractivity contribution in [3.63, 3.8) is 0 Å². The van der Waals surface area contributed by atoms with Gasteiger partial charge in [0, 0.05) is 17.5 Å². The molecular weight excluding hydrogens is 287 g/mol. The fourth-order valence-corrected chi connectivity index (χ4v) is 2.10. The number of non-ortho nitro benzene ring substituents is 1. The lowest BCUT2D eigenvalue weighted by Gasteiger charge is -2.29. The number of alkyl halides is 1. The Bertz CT molecular complexity index is 524. The maximum atomic E-state index is 13.7. The number of nitrogens with one attached hydrogen (secondary N) is 1. The Morgan fingerprint density at radius 2 is 2.20 bits per heavy atom. The summed E-state index contributed by atoms with van der Waals surface area (Å²) in [7, 11) is 0. The smallest absolute Gasteiger partial charge is 0.272 e. The Morgan fingerprint density at radius 1 is 1.55 bits per heavy atom. The Hall–Kier alpha value is -1.69. The van der Waals surface area contributed by atoms with Crippen LogP contribution in [0, 0.1) is 15.9 Å². The van der Waals surface area contributed by atoms with Gasteiger partial charge in [0.1, 0.15) is 5.82 Å². The summed E-state index contributed by atoms with van der Waals surface area (Å²) in [5.74, 6) is -1.15. The number of carbonyl (C=O) groups excluding carboxylic acids is 1. The van der Waals surface area contributed by atoms with Crippen molar-refractivity contribution < 1.29 is 14.1 Å². The average Bonchev–Trinajstić information content (AvgIpc) is 2.38. The zero-order valence-electron chi connectivity index (χ0n) is 11.3. The number of amides is 1. The van der Waals surface area contributed by atoms with Crippen LogP contribution in [-0.2, 0) is 0 Å². The van der Waals surface area contributed by atoms with E-state index in [0.717, 1.165) is 18.2 Å². The molecule has 0 saturated heterocycles. The fourth-order valence-electron chi connectivity index (χ4n) is 1.68. The Labute approximate surface area is 121 Å². The van der Waals surface area contributed by atoms with E-state index < -0.39 is 27.9 Å². The third kappa shape index (κ3) is 3.90. The molecule has 5 nitrogen and oxygen atoms in total. The summed E-state index contributed by atoms with van der Waals surface area (Å²) in [4.78, 5) is 21.8. The van der Waals surface area contributed by atoms with Crippen LogP contribution in [0.3, 0.4) is 0 Å². The van der Waals surface area contributed by atoms with E-state index in [4.69, 9.17) is 11.6 Å². The predicted octanol–water partition coefficient (Wildman–Crippen LogP) is 3.26. The van der Waals surface area contributed by atoms with Crippen LogP contribution in [0.1, 0.15) is 37.0 Å². The predicted molar refractivity (Wildman–Crippen MR) is 74.6 cm³/mol. The largest absolute Gasteiger partial charge is 0.347 e. The number of benzene rings is 1. The van der Waals surface area contributed by atoms with Crippen LogP contribution < -0.4 is 5.32 Å². The first kappa shape index (κ1) is 16.4. The van der Waals surface area contributed by atoms with Crippen molar-refractivity contribution in [3.05, 3.63) is 39.7 Å². The van der Waals surface area contributed by atoms with Crippen molar-refractivity contribution in [3.8, 4) is 0 Å². The SMILES string of the molecule is CCC(C)(CCCl)NC(=O)c1ccc([N+](=O)[O-])cc1F. The first-order valence-corrected chi connectivity index (χ1v) is 6.69. The highest BCUT2D eigenvalue weighted by molar-refractivity contribution is 6.17. The van der Waals surface area contributed by atoms with Gasteiger partial charge in [0.2, 0.25) is 0 Å². The van der Waals surface area contributed by atoms with Gasteiger partial charge in [0.15, 0.2) is 0 Å². The number of nitro groups is 1. The fraction of sp³-hybridized carbons (Fsp3) is 0.462. The van der Waals surface area contributed by atoms with E-state index >= 15 is 0 Å². The van der Waals surface area contributed by atoms with Gasteiger partial charge < -0.3 is 5.32 Å². The van der Waals surface area contributed by atoms with Gasteiger partial charge in [-0.15, -0.1) is 11.6 Å². The Kier molecular flexibility index (Phi) is 5.44. The number of carbonyl (C=O) groups is 1. The van der Waals surface area contributed by atoms with Gasteiger partial charge in [0.05, 0.1) is 16.6 Å². The highest BCUT2D eigenvalue weighted by atomic mass is 35.5. The molecule has 1 aromatic rings. The molecule has 0 fully saturated rings. The number of hydrogen-bond acceptors (Lipinski definition) is 3. The van der Waals surface area contributed by atoms with Gasteiger partial charge in [0.25, 0.3) is 11.6 Å². The number of nitro benzene ring substituents is 1. The van der Waals surface area contributed by atoms with Crippen LogP contribution in [0.4, 0.5) is 10.1 Å². The molecule has 0 bridgehead atoms. The molecule has 0 aromatic heterocycles. The molecule has 20 heavy (non-hydrogen) atoms. The average molecular weight is 303 g/mol. The quantitative estimate of drug-likeness (QED) is 0.498. The molecule has 0 spiro atoms. The molecule has 0 aliphatic heterocycles. The molecule has 110 valence electrons. The van der Waals surface area contributed by atoms with E-state index in [2.05, 4.69) is 5.32 Å². The Morgan fingerprint density at radius 3 is 2.65 bits per heavy atom. The highest BCUT2D eigenvalue weighted by Gasteiger charge is 2.26. The van der Waals surface area contributed by atoms with Crippen molar-refractivity contribution >= 4 is 23.2 Å². The topological polar surface area (TPSA) is 72.2 Å². The normalized spacial score (nSPS) is 13.6. The van der Waals surface area contributed by atoms with Gasteiger partial charge in [-0.25, -0.2) is 4.39 Å². The monoisotopic (exact) mass is 302 g/mol. The molecule has 1 rings (SSSR count). The summed E-state index contributed by atoms with van der Waals surface area (Å²) < 4.78 is 13.7. The molecule has 0 aliphatic carbocycles. The molecule has 0 aliphatic rings. The first-order valence-electron chi connectivity index (χ1n) is 6.15. The van der Waals surface area contributed by atoms with Crippen molar-refractivity contribution in [2.24, 2.45) is 0 Å². The standard InChI is InChI=1S/C13H16ClFN2O3/c1-3-13(2,6-7-14)16-12(18)10-5-4-9(17(19)20)8-11(10)15/h4-5,8H,3,6-7H2,1-2H3,(H,16,18). The third-order valence-corrected chi connectivity index (χ3v) is 3.44. The second kappa shape index (κ2) is 6.65. The van der Waals surface area contributed by atoms with Crippen molar-refractivity contribution in [1.29, 1.82) is 0 Å². The molecule has 1 aromatic carbocycles. The summed E-state index contributed by atoms with van der Waals surface area (Å²) in [5.41, 5.74) is -1.14. The van der Waals surface area contributed by atoms with Crippen LogP contribution >= 0.6 is 11.6 Å². The van der Waals surface area contributed by atoms with E-state index in [1.165, 1.54) is 0 Å². The van der Waals surface area contributed by atoms with Crippen LogP contribution in [0.2, 0.25) is 0 Å². The molecular formula is C13H16ClFN2O3. The number of rotatable bonds is 6. The molecule has 0 saturated carbocycles. The molecule has 1 amide bonds. The van der Waals surface area contributed by atoms with Gasteiger partial charge in [-0.3, -0.25) is 14.9 Å². The van der Waals surface area contributed by atoms with Crippen LogP contribution in [-0.4, -0.2) is 22.2 Å². The number of nitrogens with zero attached hydrogens (tertiary/aromatic N) is 1. The van der Waals surface area contributed by atoms with Gasteiger partial charge in [-0.05, 0) is 25.8 Å². The van der Waals surface area contributed by atoms with Crippen LogP contribution in [0.5, 0.6) is 0 Å². The molecule has 0 radical (unpaired) electrons. The third-order valence-electron chi connectivity index (χ3n) is 3.25. The van der Waals surface area contributed by atoms with Gasteiger partial charge in [-0.1, -0.05) is 6.92 Å². The lowest BCUT2D eigenvalue weighted by atomic mass is 9.95. The zero-order chi connectivity index (χ0) is 15.3. The van der Waals surface area contributed by atoms with E-state index in [0.29, 0.717) is 18.7 Å². The maximum absolute atomic E-state index is 13.7. The summed E-state index contributed by atoms with van der Waals surface area (Å²) in [6.07, 6.45) is 1.19. The van der Waals surface area contributed by atoms with Gasteiger partial charge >= 0.3 is 0 Å². The number of hydrogen-bond donors (Lipinski definition) is 1. The molecule has 1 unspecified atom stereocenters. The molecule has 7 heteroatoms. The first-order chi connectivity index (χ1) is 9.33. The van der Waals surface area contributed by atoms with E-state index in [1.807, 2.05) is 13.8 Å². The zero-order valence-corrected chi connectivity index (χ0v) is 12.0. The van der Waals surface area contributed by atoms with E-state index in [1.54, 1.807) is 0 Å². The lowest BCUT2D eigenvalue weighted by Crippen LogP contribution is -2.46. The minimum absolute atomic E-state index is 0.218. The lowest BCUT2D eigenvalue weighted by molar-refractivity contribution is -0.385. The van der Waals surface area contributed by atoms with Gasteiger partial charge in [-0.2, -0.15) is 0 Å². The summed E-state index contributed by atoms with van der Waals surface area (Å²) >= 11 is 5.68. The second-order valence-electron chi connectivity index (χ2n) is 4.73. The van der Waals surface area contributed by atoms with Crippen LogP contribution in [0.15, 0.2) is 18.2 Å². The maximum Gasteiger partial charge on any atom is 0.272 e. The van der Waals surface area contributed by atoms with Crippen molar-refractivity contribution in [2.75, 3.05) is 5.88 Å².